The number of hydrogen-bond acceptors (Lipinski definition) is 3. The third-order valence-corrected chi connectivity index (χ3v) is 2.75. The van der Waals surface area contributed by atoms with Gasteiger partial charge in [-0.1, -0.05) is 17.7 Å². The molecule has 0 unspecified atom stereocenters. The number of anilines is 1. The minimum atomic E-state index is -1.09. The Hall–Kier alpha value is -2.14. The van der Waals surface area contributed by atoms with Crippen molar-refractivity contribution >= 4 is 23.3 Å². The summed E-state index contributed by atoms with van der Waals surface area (Å²) in [7, 11) is 0. The molecule has 0 fully saturated rings. The number of aromatic carboxylic acids is 1. The fraction of sp³-hybridized carbons (Fsp3) is 0.0769. The number of halogens is 2. The second-order valence-electron chi connectivity index (χ2n) is 3.84. The van der Waals surface area contributed by atoms with Crippen LogP contribution in [0.2, 0.25) is 5.02 Å². The van der Waals surface area contributed by atoms with Crippen LogP contribution in [0, 0.1) is 5.82 Å². The van der Waals surface area contributed by atoms with Crippen LogP contribution < -0.4 is 5.32 Å². The Kier molecular flexibility index (Phi) is 3.97. The first-order chi connectivity index (χ1) is 9.06. The number of hydrogen-bond donors (Lipinski definition) is 2. The summed E-state index contributed by atoms with van der Waals surface area (Å²) >= 11 is 5.67. The molecule has 2 N–H and O–H groups in total. The predicted octanol–water partition coefficient (Wildman–Crippen LogP) is 3.18. The van der Waals surface area contributed by atoms with Crippen molar-refractivity contribution in [3.63, 3.8) is 0 Å². The molecular weight excluding hydrogens is 271 g/mol. The highest BCUT2D eigenvalue weighted by Gasteiger charge is 2.05. The molecule has 0 aliphatic heterocycles. The third-order valence-electron chi connectivity index (χ3n) is 2.46. The van der Waals surface area contributed by atoms with Crippen LogP contribution in [0.4, 0.5) is 10.1 Å². The average Bonchev–Trinajstić information content (AvgIpc) is 2.40. The van der Waals surface area contributed by atoms with Gasteiger partial charge in [0.05, 0.1) is 5.02 Å². The minimum absolute atomic E-state index is 0.0397. The number of pyridine rings is 1. The Morgan fingerprint density at radius 1 is 1.37 bits per heavy atom. The van der Waals surface area contributed by atoms with E-state index in [1.165, 1.54) is 24.4 Å². The highest BCUT2D eigenvalue weighted by atomic mass is 35.5. The summed E-state index contributed by atoms with van der Waals surface area (Å²) in [5, 5.41) is 11.9. The second-order valence-corrected chi connectivity index (χ2v) is 4.24. The van der Waals surface area contributed by atoms with Gasteiger partial charge < -0.3 is 10.4 Å². The highest BCUT2D eigenvalue weighted by molar-refractivity contribution is 6.30. The number of aromatic nitrogens is 1. The topological polar surface area (TPSA) is 62.2 Å². The molecule has 1 aromatic heterocycles. The second kappa shape index (κ2) is 5.67. The molecule has 0 aliphatic rings. The van der Waals surface area contributed by atoms with Gasteiger partial charge in [0.25, 0.3) is 0 Å². The summed E-state index contributed by atoms with van der Waals surface area (Å²) < 4.78 is 13.0. The van der Waals surface area contributed by atoms with E-state index >= 15 is 0 Å². The van der Waals surface area contributed by atoms with Crippen LogP contribution in [0.15, 0.2) is 36.5 Å². The van der Waals surface area contributed by atoms with E-state index in [2.05, 4.69) is 10.3 Å². The van der Waals surface area contributed by atoms with Crippen molar-refractivity contribution in [2.75, 3.05) is 5.32 Å². The quantitative estimate of drug-likeness (QED) is 0.903. The average molecular weight is 281 g/mol. The number of carboxylic acids is 1. The Balaban J connectivity index is 2.07. The molecule has 19 heavy (non-hydrogen) atoms. The van der Waals surface area contributed by atoms with Crippen LogP contribution in [0.1, 0.15) is 16.1 Å². The van der Waals surface area contributed by atoms with Crippen LogP contribution in [0.3, 0.4) is 0 Å². The van der Waals surface area contributed by atoms with E-state index in [4.69, 9.17) is 16.7 Å². The van der Waals surface area contributed by atoms with Gasteiger partial charge in [-0.2, -0.15) is 0 Å². The van der Waals surface area contributed by atoms with E-state index in [0.717, 1.165) is 5.56 Å². The first kappa shape index (κ1) is 13.3. The zero-order valence-corrected chi connectivity index (χ0v) is 10.5. The maximum Gasteiger partial charge on any atom is 0.354 e. The lowest BCUT2D eigenvalue weighted by atomic mass is 10.2. The molecule has 2 rings (SSSR count). The van der Waals surface area contributed by atoms with Crippen LogP contribution in [0.25, 0.3) is 0 Å². The summed E-state index contributed by atoms with van der Waals surface area (Å²) in [6, 6.07) is 7.48. The SMILES string of the molecule is O=C(O)c1cc(NCc2ccc(F)c(Cl)c2)ccn1. The molecule has 0 saturated heterocycles. The number of benzene rings is 1. The number of carbonyl (C=O) groups is 1. The number of nitrogens with zero attached hydrogens (tertiary/aromatic N) is 1. The first-order valence-electron chi connectivity index (χ1n) is 5.43. The maximum absolute atomic E-state index is 13.0. The number of nitrogens with one attached hydrogen (secondary N) is 1. The molecule has 4 nitrogen and oxygen atoms in total. The van der Waals surface area contributed by atoms with Crippen molar-refractivity contribution in [1.29, 1.82) is 0 Å². The molecule has 0 radical (unpaired) electrons. The van der Waals surface area contributed by atoms with Crippen molar-refractivity contribution < 1.29 is 14.3 Å². The van der Waals surface area contributed by atoms with Gasteiger partial charge in [-0.15, -0.1) is 0 Å². The van der Waals surface area contributed by atoms with Crippen LogP contribution in [0.5, 0.6) is 0 Å². The molecule has 1 heterocycles. The van der Waals surface area contributed by atoms with Gasteiger partial charge in [0.1, 0.15) is 11.5 Å². The number of rotatable bonds is 4. The lowest BCUT2D eigenvalue weighted by molar-refractivity contribution is 0.0690. The van der Waals surface area contributed by atoms with Crippen LogP contribution in [-0.2, 0) is 6.54 Å². The Morgan fingerprint density at radius 2 is 2.16 bits per heavy atom. The van der Waals surface area contributed by atoms with Crippen molar-refractivity contribution in [2.24, 2.45) is 0 Å². The predicted molar refractivity (Wildman–Crippen MR) is 69.9 cm³/mol. The molecule has 0 spiro atoms. The van der Waals surface area contributed by atoms with Crippen molar-refractivity contribution in [3.05, 3.63) is 58.6 Å². The van der Waals surface area contributed by atoms with Gasteiger partial charge in [-0.25, -0.2) is 14.2 Å². The standard InChI is InChI=1S/C13H10ClFN2O2/c14-10-5-8(1-2-11(10)15)7-17-9-3-4-16-12(6-9)13(18)19/h1-6H,7H2,(H,16,17)(H,18,19). The zero-order chi connectivity index (χ0) is 13.8. The van der Waals surface area contributed by atoms with Crippen molar-refractivity contribution in [3.8, 4) is 0 Å². The molecule has 0 aliphatic carbocycles. The van der Waals surface area contributed by atoms with E-state index < -0.39 is 11.8 Å². The van der Waals surface area contributed by atoms with Gasteiger partial charge in [0, 0.05) is 18.4 Å². The van der Waals surface area contributed by atoms with Gasteiger partial charge in [0.2, 0.25) is 0 Å². The van der Waals surface area contributed by atoms with E-state index in [1.54, 1.807) is 12.1 Å². The fourth-order valence-corrected chi connectivity index (χ4v) is 1.71. The Morgan fingerprint density at radius 3 is 2.84 bits per heavy atom. The molecule has 0 saturated carbocycles. The Bertz CT molecular complexity index is 619. The Labute approximate surface area is 113 Å². The monoisotopic (exact) mass is 280 g/mol. The van der Waals surface area contributed by atoms with Gasteiger partial charge >= 0.3 is 5.97 Å². The maximum atomic E-state index is 13.0. The summed E-state index contributed by atoms with van der Waals surface area (Å²) in [4.78, 5) is 14.5. The van der Waals surface area contributed by atoms with E-state index in [1.807, 2.05) is 0 Å². The molecule has 0 bridgehead atoms. The minimum Gasteiger partial charge on any atom is -0.477 e. The summed E-state index contributed by atoms with van der Waals surface area (Å²) in [6.45, 7) is 0.406. The smallest absolute Gasteiger partial charge is 0.354 e. The molecular formula is C13H10ClFN2O2. The van der Waals surface area contributed by atoms with Crippen LogP contribution in [-0.4, -0.2) is 16.1 Å². The summed E-state index contributed by atoms with van der Waals surface area (Å²) in [5.41, 5.74) is 1.37. The lowest BCUT2D eigenvalue weighted by Crippen LogP contribution is -2.04. The molecule has 0 amide bonds. The van der Waals surface area contributed by atoms with Gasteiger partial charge in [-0.05, 0) is 29.8 Å². The van der Waals surface area contributed by atoms with Crippen LogP contribution >= 0.6 is 11.6 Å². The first-order valence-corrected chi connectivity index (χ1v) is 5.81. The molecule has 6 heteroatoms. The van der Waals surface area contributed by atoms with Gasteiger partial charge in [0.15, 0.2) is 0 Å². The lowest BCUT2D eigenvalue weighted by Gasteiger charge is -2.07. The van der Waals surface area contributed by atoms with Crippen molar-refractivity contribution in [1.82, 2.24) is 4.98 Å². The fourth-order valence-electron chi connectivity index (χ4n) is 1.51. The molecule has 98 valence electrons. The zero-order valence-electron chi connectivity index (χ0n) is 9.73. The molecule has 1 aromatic carbocycles. The van der Waals surface area contributed by atoms with E-state index in [0.29, 0.717) is 12.2 Å². The highest BCUT2D eigenvalue weighted by Crippen LogP contribution is 2.17. The molecule has 0 atom stereocenters. The normalized spacial score (nSPS) is 10.2. The number of carboxylic acid groups (broad SMARTS) is 1. The van der Waals surface area contributed by atoms with E-state index in [-0.39, 0.29) is 10.7 Å². The van der Waals surface area contributed by atoms with Crippen molar-refractivity contribution in [2.45, 2.75) is 6.54 Å². The molecule has 2 aromatic rings. The van der Waals surface area contributed by atoms with Gasteiger partial charge in [-0.3, -0.25) is 0 Å². The summed E-state index contributed by atoms with van der Waals surface area (Å²) in [5.74, 6) is -1.56. The largest absolute Gasteiger partial charge is 0.477 e. The third kappa shape index (κ3) is 3.42. The van der Waals surface area contributed by atoms with E-state index in [9.17, 15) is 9.18 Å². The summed E-state index contributed by atoms with van der Waals surface area (Å²) in [6.07, 6.45) is 1.41.